The lowest BCUT2D eigenvalue weighted by Crippen LogP contribution is -2.70. The number of epoxide rings is 1. The van der Waals surface area contributed by atoms with Crippen molar-refractivity contribution in [3.63, 3.8) is 0 Å². The second kappa shape index (κ2) is 11.7. The highest BCUT2D eigenvalue weighted by Gasteiger charge is 2.89. The summed E-state index contributed by atoms with van der Waals surface area (Å²) >= 11 is 0. The molecular weight excluding hydrogens is 736 g/mol. The highest BCUT2D eigenvalue weighted by molar-refractivity contribution is 6.32. The molecule has 0 bridgehead atoms. The highest BCUT2D eigenvalue weighted by atomic mass is 16.6. The van der Waals surface area contributed by atoms with Crippen molar-refractivity contribution in [2.24, 2.45) is 27.6 Å². The van der Waals surface area contributed by atoms with Crippen LogP contribution in [-0.4, -0.2) is 72.4 Å². The fraction of sp³-hybridized carbons (Fsp3) is 0.432. The molecule has 2 heterocycles. The predicted molar refractivity (Wildman–Crippen MR) is 200 cm³/mol. The first-order valence-corrected chi connectivity index (χ1v) is 18.8. The third kappa shape index (κ3) is 4.51. The minimum Gasteiger partial charge on any atom is -0.507 e. The molecule has 298 valence electrons. The fourth-order valence-electron chi connectivity index (χ4n) is 12.0. The van der Waals surface area contributed by atoms with Gasteiger partial charge < -0.3 is 39.4 Å². The Morgan fingerprint density at radius 1 is 0.842 bits per heavy atom. The predicted octanol–water partition coefficient (Wildman–Crippen LogP) is 6.34. The molecule has 8 atom stereocenters. The van der Waals surface area contributed by atoms with Gasteiger partial charge in [0.1, 0.15) is 34.7 Å². The van der Waals surface area contributed by atoms with Crippen LogP contribution in [0, 0.1) is 41.4 Å². The van der Waals surface area contributed by atoms with Crippen molar-refractivity contribution in [2.45, 2.75) is 92.0 Å². The Kier molecular flexibility index (Phi) is 7.83. The molecule has 5 aliphatic carbocycles. The molecule has 0 amide bonds. The normalized spacial score (nSPS) is 33.9. The third-order valence-electron chi connectivity index (χ3n) is 14.2. The van der Waals surface area contributed by atoms with E-state index in [1.54, 1.807) is 38.5 Å². The van der Waals surface area contributed by atoms with Crippen molar-refractivity contribution >= 4 is 29.1 Å². The van der Waals surface area contributed by atoms with Gasteiger partial charge in [0.05, 0.1) is 51.7 Å². The highest BCUT2D eigenvalue weighted by Crippen LogP contribution is 2.81. The molecule has 3 fully saturated rings. The van der Waals surface area contributed by atoms with E-state index in [2.05, 4.69) is 6.92 Å². The summed E-state index contributed by atoms with van der Waals surface area (Å²) in [5.41, 5.74) is -4.10. The van der Waals surface area contributed by atoms with E-state index >= 15 is 0 Å². The average Bonchev–Trinajstić information content (AvgIpc) is 3.48. The quantitative estimate of drug-likeness (QED) is 0.0853. The summed E-state index contributed by atoms with van der Waals surface area (Å²) < 4.78 is 17.9. The van der Waals surface area contributed by atoms with Crippen molar-refractivity contribution in [3.8, 4) is 23.0 Å². The zero-order valence-corrected chi connectivity index (χ0v) is 32.8. The van der Waals surface area contributed by atoms with Gasteiger partial charge in [0.25, 0.3) is 0 Å². The molecule has 0 radical (unpaired) electrons. The van der Waals surface area contributed by atoms with E-state index in [9.17, 15) is 49.5 Å². The maximum absolute atomic E-state index is 14.3. The zero-order valence-electron chi connectivity index (χ0n) is 32.8. The Hall–Kier alpha value is -5.69. The van der Waals surface area contributed by atoms with Crippen molar-refractivity contribution in [2.75, 3.05) is 0 Å². The summed E-state index contributed by atoms with van der Waals surface area (Å²) in [6.45, 7) is 13.7. The summed E-state index contributed by atoms with van der Waals surface area (Å²) in [5.74, 6) is -5.28. The number of hydrogen-bond donors (Lipinski definition) is 5. The van der Waals surface area contributed by atoms with Gasteiger partial charge in [-0.1, -0.05) is 19.9 Å². The minimum absolute atomic E-state index is 0.0453. The van der Waals surface area contributed by atoms with Crippen molar-refractivity contribution in [3.05, 3.63) is 93.2 Å². The van der Waals surface area contributed by atoms with Gasteiger partial charge in [-0.15, -0.1) is 0 Å². The first kappa shape index (κ1) is 38.2. The number of allylic oxidation sites excluding steroid dienone is 4. The number of furan rings is 1. The van der Waals surface area contributed by atoms with Crippen LogP contribution < -0.4 is 0 Å². The number of rotatable bonds is 2. The Bertz CT molecular complexity index is 2380. The van der Waals surface area contributed by atoms with Gasteiger partial charge in [0.2, 0.25) is 17.3 Å². The Morgan fingerprint density at radius 2 is 1.40 bits per heavy atom. The number of aliphatic hydroxyl groups excluding tert-OH is 1. The number of aromatic hydroxyl groups is 4. The second-order valence-corrected chi connectivity index (χ2v) is 17.6. The molecule has 9 rings (SSSR count). The summed E-state index contributed by atoms with van der Waals surface area (Å²) in [5, 5.41) is 51.6. The summed E-state index contributed by atoms with van der Waals surface area (Å²) in [6.07, 6.45) is 7.17. The van der Waals surface area contributed by atoms with Crippen LogP contribution in [0.25, 0.3) is 0 Å². The number of phenolic OH excluding ortho intramolecular Hbond substituents is 4. The molecule has 6 aliphatic rings. The van der Waals surface area contributed by atoms with Crippen LogP contribution in [-0.2, 0) is 23.9 Å². The molecule has 13 nitrogen and oxygen atoms in total. The van der Waals surface area contributed by atoms with Gasteiger partial charge in [-0.25, -0.2) is 0 Å². The zero-order chi connectivity index (χ0) is 41.7. The standard InChI is InChI=1S/C28H32O7.C16H12O6/c1-14(29)34-17-12-26(5)16(15-8-10-33-13-15)11-19-28(26,35-19)27(6)21(17)25(4)9-7-18(30)24(2,3)22(25)20(31)23(27)32;1-5-3-7(17)9-11(13(5)19)15(21)10-8(18)4-6(2)14(20)12(10)16(9)22/h7-10,13,16-17,19,21,31H,11-12H2,1-6H3;3-4,17-20H,1-2H3. The molecular formula is C44H44O13. The number of benzene rings is 2. The molecule has 13 heteroatoms. The van der Waals surface area contributed by atoms with E-state index < -0.39 is 85.6 Å². The number of esters is 1. The minimum atomic E-state index is -1.17. The molecule has 57 heavy (non-hydrogen) atoms. The largest absolute Gasteiger partial charge is 0.507 e. The van der Waals surface area contributed by atoms with Crippen LogP contribution in [0.2, 0.25) is 0 Å². The molecule has 8 unspecified atom stereocenters. The number of phenols is 4. The lowest BCUT2D eigenvalue weighted by atomic mass is 9.38. The van der Waals surface area contributed by atoms with Gasteiger partial charge in [0.15, 0.2) is 11.5 Å². The third-order valence-corrected chi connectivity index (χ3v) is 14.2. The molecule has 1 aromatic heterocycles. The summed E-state index contributed by atoms with van der Waals surface area (Å²) in [4.78, 5) is 64.7. The van der Waals surface area contributed by atoms with E-state index in [-0.39, 0.29) is 56.9 Å². The number of aliphatic hydroxyl groups is 1. The molecule has 5 N–H and O–H groups in total. The summed E-state index contributed by atoms with van der Waals surface area (Å²) in [7, 11) is 0. The average molecular weight is 781 g/mol. The van der Waals surface area contributed by atoms with Crippen LogP contribution in [0.5, 0.6) is 23.0 Å². The number of aryl methyl sites for hydroxylation is 2. The smallest absolute Gasteiger partial charge is 0.302 e. The lowest BCUT2D eigenvalue weighted by Gasteiger charge is -2.64. The van der Waals surface area contributed by atoms with Crippen LogP contribution >= 0.6 is 0 Å². The van der Waals surface area contributed by atoms with Gasteiger partial charge in [-0.3, -0.25) is 24.0 Å². The van der Waals surface area contributed by atoms with Gasteiger partial charge in [0, 0.05) is 23.7 Å². The Balaban J connectivity index is 0.000000178. The number of ether oxygens (including phenoxy) is 2. The number of carbonyl (C=O) groups excluding carboxylic acids is 5. The van der Waals surface area contributed by atoms with Gasteiger partial charge in [-0.2, -0.15) is 0 Å². The SMILES string of the molecule is CC(=O)OC1CC2(C)C(c3ccoc3)CC3OC32C2(C)C(=O)C(O)=C3C(C)(C)C(=O)C=CC3(C)C12.Cc1cc(O)c2c(c1O)C(=O)c1c(O)cc(C)c(O)c1C2=O. The number of ketones is 4. The molecule has 3 aromatic rings. The van der Waals surface area contributed by atoms with Crippen LogP contribution in [0.1, 0.15) is 109 Å². The molecule has 1 saturated heterocycles. The molecule has 1 spiro atoms. The van der Waals surface area contributed by atoms with Crippen molar-refractivity contribution in [1.82, 2.24) is 0 Å². The Labute approximate surface area is 327 Å². The van der Waals surface area contributed by atoms with E-state index in [1.807, 2.05) is 19.9 Å². The maximum atomic E-state index is 14.3. The van der Waals surface area contributed by atoms with E-state index in [0.29, 0.717) is 18.4 Å². The number of Topliss-reactive ketones (excluding diaryl/α,β-unsaturated/α-hetero) is 1. The maximum Gasteiger partial charge on any atom is 0.302 e. The summed E-state index contributed by atoms with van der Waals surface area (Å²) in [6, 6.07) is 4.27. The monoisotopic (exact) mass is 780 g/mol. The number of hydrogen-bond acceptors (Lipinski definition) is 13. The topological polar surface area (TPSA) is 221 Å². The first-order valence-electron chi connectivity index (χ1n) is 18.8. The molecule has 2 aromatic carbocycles. The number of fused-ring (bicyclic) bond motifs is 5. The van der Waals surface area contributed by atoms with Crippen LogP contribution in [0.3, 0.4) is 0 Å². The van der Waals surface area contributed by atoms with Crippen molar-refractivity contribution in [1.29, 1.82) is 0 Å². The van der Waals surface area contributed by atoms with Crippen molar-refractivity contribution < 1.29 is 63.4 Å². The van der Waals surface area contributed by atoms with Gasteiger partial charge in [-0.05, 0) is 99.9 Å². The second-order valence-electron chi connectivity index (χ2n) is 17.6. The van der Waals surface area contributed by atoms with Crippen LogP contribution in [0.4, 0.5) is 0 Å². The first-order chi connectivity index (χ1) is 26.5. The molecule has 2 saturated carbocycles. The van der Waals surface area contributed by atoms with E-state index in [4.69, 9.17) is 13.9 Å². The Morgan fingerprint density at radius 3 is 1.91 bits per heavy atom. The number of carbonyl (C=O) groups is 5. The fourth-order valence-corrected chi connectivity index (χ4v) is 12.0. The van der Waals surface area contributed by atoms with E-state index in [0.717, 1.165) is 17.7 Å². The van der Waals surface area contributed by atoms with E-state index in [1.165, 1.54) is 20.8 Å². The van der Waals surface area contributed by atoms with Crippen LogP contribution in [0.15, 0.2) is 58.6 Å². The van der Waals surface area contributed by atoms with Gasteiger partial charge >= 0.3 is 5.97 Å². The molecule has 1 aliphatic heterocycles. The lowest BCUT2D eigenvalue weighted by molar-refractivity contribution is -0.200.